The normalized spacial score (nSPS) is 14.4. The molecule has 0 aromatic carbocycles. The lowest BCUT2D eigenvalue weighted by Crippen LogP contribution is -2.13. The summed E-state index contributed by atoms with van der Waals surface area (Å²) in [7, 11) is 0. The van der Waals surface area contributed by atoms with Crippen LogP contribution in [0.15, 0.2) is 0 Å². The molecule has 0 N–H and O–H groups in total. The lowest BCUT2D eigenvalue weighted by Gasteiger charge is -2.06. The van der Waals surface area contributed by atoms with Crippen molar-refractivity contribution >= 4 is 61.0 Å². The Morgan fingerprint density at radius 1 is 1.50 bits per heavy atom. The number of ketones is 1. The van der Waals surface area contributed by atoms with Gasteiger partial charge in [0.05, 0.1) is 4.83 Å². The third kappa shape index (κ3) is 7.86. The monoisotopic (exact) mass is 310 g/mol. The van der Waals surface area contributed by atoms with E-state index < -0.39 is 6.00 Å². The van der Waals surface area contributed by atoms with Crippen molar-refractivity contribution < 1.29 is 4.79 Å². The summed E-state index contributed by atoms with van der Waals surface area (Å²) < 4.78 is 0. The summed E-state index contributed by atoms with van der Waals surface area (Å²) in [6.07, 6.45) is 1.17. The first-order valence-electron chi connectivity index (χ1n) is 3.56. The minimum atomic E-state index is -2.51. The Kier molecular flexibility index (Phi) is 6.46. The Balaban J connectivity index is 3.51. The van der Waals surface area contributed by atoms with Gasteiger partial charge < -0.3 is 0 Å². The molecule has 72 valence electrons. The van der Waals surface area contributed by atoms with E-state index in [0.29, 0.717) is 18.9 Å². The molecule has 0 amide bonds. The molecule has 0 bridgehead atoms. The summed E-state index contributed by atoms with van der Waals surface area (Å²) >= 11 is 20.1. The van der Waals surface area contributed by atoms with Crippen LogP contribution in [-0.2, 0) is 4.79 Å². The van der Waals surface area contributed by atoms with E-state index >= 15 is 0 Å². The maximum Gasteiger partial charge on any atom is 0.341 e. The molecule has 0 aliphatic heterocycles. The molecule has 0 rings (SSSR count). The summed E-state index contributed by atoms with van der Waals surface area (Å²) in [4.78, 5) is 11.0. The molecule has 0 aliphatic carbocycles. The van der Waals surface area contributed by atoms with Gasteiger partial charge in [-0.2, -0.15) is 0 Å². The van der Waals surface area contributed by atoms with Crippen LogP contribution in [0.1, 0.15) is 19.8 Å². The molecule has 0 radical (unpaired) electrons. The van der Waals surface area contributed by atoms with Crippen LogP contribution in [0.4, 0.5) is 0 Å². The third-order valence-corrected chi connectivity index (χ3v) is 4.46. The number of hydrogen-bond donors (Lipinski definition) is 0. The van der Waals surface area contributed by atoms with E-state index in [4.69, 9.17) is 33.2 Å². The summed E-state index contributed by atoms with van der Waals surface area (Å²) in [6, 6.07) is -1.95. The summed E-state index contributed by atoms with van der Waals surface area (Å²) in [5, 5.41) is 0. The number of halogens is 4. The van der Waals surface area contributed by atoms with Crippen LogP contribution >= 0.6 is 49.2 Å². The highest BCUT2D eigenvalue weighted by Crippen LogP contribution is 2.27. The molecule has 0 aromatic heterocycles. The molecule has 12 heavy (non-hydrogen) atoms. The number of Topliss-reactive ketones (excluding diaryl/α,β-unsaturated/α-hetero) is 1. The van der Waals surface area contributed by atoms with Crippen molar-refractivity contribution in [2.45, 2.75) is 30.6 Å². The first-order chi connectivity index (χ1) is 5.33. The zero-order chi connectivity index (χ0) is 9.78. The van der Waals surface area contributed by atoms with Gasteiger partial charge in [0.2, 0.25) is 0 Å². The van der Waals surface area contributed by atoms with Crippen LogP contribution in [0.25, 0.3) is 0 Å². The van der Waals surface area contributed by atoms with Crippen LogP contribution in [0.3, 0.4) is 0 Å². The van der Waals surface area contributed by atoms with Gasteiger partial charge in [-0.25, -0.2) is 0 Å². The Hall–Kier alpha value is 1.24. The van der Waals surface area contributed by atoms with Gasteiger partial charge in [0.25, 0.3) is 0 Å². The summed E-state index contributed by atoms with van der Waals surface area (Å²) in [6.45, 7) is 1.80. The first kappa shape index (κ1) is 13.2. The SMILES string of the molecule is CC(Br)C(=O)CCC[Si](Cl)(Cl)Cl. The highest BCUT2D eigenvalue weighted by atomic mass is 79.9. The number of hydrogen-bond acceptors (Lipinski definition) is 1. The summed E-state index contributed by atoms with van der Waals surface area (Å²) in [5.74, 6) is 0.165. The van der Waals surface area contributed by atoms with Gasteiger partial charge in [-0.3, -0.25) is 4.79 Å². The Morgan fingerprint density at radius 2 is 2.00 bits per heavy atom. The van der Waals surface area contributed by atoms with Gasteiger partial charge in [-0.15, -0.1) is 33.2 Å². The lowest BCUT2D eigenvalue weighted by molar-refractivity contribution is -0.118. The van der Waals surface area contributed by atoms with Crippen molar-refractivity contribution in [1.82, 2.24) is 0 Å². The predicted octanol–water partition coefficient (Wildman–Crippen LogP) is 3.77. The molecule has 0 fully saturated rings. The van der Waals surface area contributed by atoms with Crippen LogP contribution < -0.4 is 0 Å². The van der Waals surface area contributed by atoms with E-state index in [0.717, 1.165) is 0 Å². The van der Waals surface area contributed by atoms with E-state index in [9.17, 15) is 4.79 Å². The third-order valence-electron chi connectivity index (χ3n) is 1.33. The fourth-order valence-corrected chi connectivity index (χ4v) is 2.67. The van der Waals surface area contributed by atoms with Crippen LogP contribution in [0.2, 0.25) is 6.04 Å². The molecule has 0 aliphatic rings. The molecule has 0 heterocycles. The number of rotatable bonds is 5. The van der Waals surface area contributed by atoms with Gasteiger partial charge in [-0.1, -0.05) is 15.9 Å². The molecule has 1 nitrogen and oxygen atoms in total. The number of carbonyl (C=O) groups excluding carboxylic acids is 1. The van der Waals surface area contributed by atoms with E-state index in [1.807, 2.05) is 0 Å². The highest BCUT2D eigenvalue weighted by Gasteiger charge is 2.24. The second-order valence-corrected chi connectivity index (χ2v) is 13.2. The van der Waals surface area contributed by atoms with E-state index in [-0.39, 0.29) is 10.6 Å². The molecule has 0 spiro atoms. The molecule has 6 heteroatoms. The van der Waals surface area contributed by atoms with Crippen LogP contribution in [-0.4, -0.2) is 16.6 Å². The second kappa shape index (κ2) is 5.86. The Morgan fingerprint density at radius 3 is 2.33 bits per heavy atom. The van der Waals surface area contributed by atoms with E-state index in [1.165, 1.54) is 0 Å². The van der Waals surface area contributed by atoms with Gasteiger partial charge in [-0.05, 0) is 19.4 Å². The summed E-state index contributed by atoms with van der Waals surface area (Å²) in [5.41, 5.74) is 0. The van der Waals surface area contributed by atoms with Gasteiger partial charge >= 0.3 is 6.00 Å². The van der Waals surface area contributed by atoms with Gasteiger partial charge in [0, 0.05) is 6.42 Å². The van der Waals surface area contributed by atoms with Crippen LogP contribution in [0.5, 0.6) is 0 Å². The van der Waals surface area contributed by atoms with Crippen LogP contribution in [0, 0.1) is 0 Å². The fourth-order valence-electron chi connectivity index (χ4n) is 0.662. The van der Waals surface area contributed by atoms with Crippen molar-refractivity contribution in [3.8, 4) is 0 Å². The average molecular weight is 312 g/mol. The van der Waals surface area contributed by atoms with Gasteiger partial charge in [0.15, 0.2) is 0 Å². The maximum absolute atomic E-state index is 11.1. The topological polar surface area (TPSA) is 17.1 Å². The fraction of sp³-hybridized carbons (Fsp3) is 0.833. The molecule has 0 aromatic rings. The smallest absolute Gasteiger partial charge is 0.298 e. The van der Waals surface area contributed by atoms with Gasteiger partial charge in [0.1, 0.15) is 5.78 Å². The van der Waals surface area contributed by atoms with Crippen molar-refractivity contribution in [2.24, 2.45) is 0 Å². The quantitative estimate of drug-likeness (QED) is 0.429. The predicted molar refractivity (Wildman–Crippen MR) is 60.8 cm³/mol. The van der Waals surface area contributed by atoms with Crippen molar-refractivity contribution in [3.63, 3.8) is 0 Å². The van der Waals surface area contributed by atoms with E-state index in [2.05, 4.69) is 15.9 Å². The van der Waals surface area contributed by atoms with Crippen molar-refractivity contribution in [2.75, 3.05) is 0 Å². The average Bonchev–Trinajstić information content (AvgIpc) is 1.84. The zero-order valence-electron chi connectivity index (χ0n) is 6.62. The molecular weight excluding hydrogens is 302 g/mol. The second-order valence-electron chi connectivity index (χ2n) is 2.55. The molecular formula is C6H10BrCl3OSi. The Labute approximate surface area is 96.0 Å². The zero-order valence-corrected chi connectivity index (χ0v) is 11.5. The maximum atomic E-state index is 11.1. The van der Waals surface area contributed by atoms with E-state index in [1.54, 1.807) is 6.92 Å². The number of alkyl halides is 1. The number of carbonyl (C=O) groups is 1. The standard InChI is InChI=1S/C6H10BrCl3OSi/c1-5(7)6(11)3-2-4-12(8,9)10/h5H,2-4H2,1H3. The largest absolute Gasteiger partial charge is 0.341 e. The highest BCUT2D eigenvalue weighted by molar-refractivity contribution is 9.10. The minimum absolute atomic E-state index is 0.0884. The first-order valence-corrected chi connectivity index (χ1v) is 9.72. The van der Waals surface area contributed by atoms with Crippen molar-refractivity contribution in [3.05, 3.63) is 0 Å². The molecule has 1 atom stereocenters. The molecule has 0 saturated carbocycles. The lowest BCUT2D eigenvalue weighted by atomic mass is 10.2. The van der Waals surface area contributed by atoms with Crippen molar-refractivity contribution in [1.29, 1.82) is 0 Å². The minimum Gasteiger partial charge on any atom is -0.298 e. The molecule has 1 unspecified atom stereocenters. The Bertz CT molecular complexity index is 157. The molecule has 0 saturated heterocycles.